The minimum Gasteiger partial charge on any atom is -0.461 e. The minimum atomic E-state index is 0.523. The molecule has 2 aromatic rings. The van der Waals surface area contributed by atoms with Gasteiger partial charge in [-0.1, -0.05) is 13.3 Å². The van der Waals surface area contributed by atoms with Crippen molar-refractivity contribution >= 4 is 5.96 Å². The number of hydrogen-bond donors (Lipinski definition) is 3. The van der Waals surface area contributed by atoms with E-state index in [9.17, 15) is 0 Å². The third-order valence-corrected chi connectivity index (χ3v) is 4.83. The highest BCUT2D eigenvalue weighted by molar-refractivity contribution is 5.79. The molecule has 1 saturated heterocycles. The number of H-pyrrole nitrogens is 1. The molecule has 1 unspecified atom stereocenters. The molecule has 0 bridgehead atoms. The molecule has 1 aliphatic rings. The molecule has 1 fully saturated rings. The number of nitrogens with zero attached hydrogens (tertiary/aromatic N) is 4. The second kappa shape index (κ2) is 9.38. The Balaban J connectivity index is 1.42. The zero-order chi connectivity index (χ0) is 18.2. The Kier molecular flexibility index (Phi) is 6.65. The Bertz CT molecular complexity index is 680. The zero-order valence-electron chi connectivity index (χ0n) is 15.7. The highest BCUT2D eigenvalue weighted by atomic mass is 16.3. The number of aromatic amines is 1. The third kappa shape index (κ3) is 4.85. The maximum atomic E-state index is 5.30. The van der Waals surface area contributed by atoms with Crippen molar-refractivity contribution in [2.45, 2.75) is 45.2 Å². The van der Waals surface area contributed by atoms with Crippen LogP contribution in [0.2, 0.25) is 0 Å². The Morgan fingerprint density at radius 3 is 3.12 bits per heavy atom. The van der Waals surface area contributed by atoms with Crippen LogP contribution in [0.3, 0.4) is 0 Å². The van der Waals surface area contributed by atoms with Crippen molar-refractivity contribution in [3.05, 3.63) is 24.2 Å². The van der Waals surface area contributed by atoms with Crippen molar-refractivity contribution in [2.75, 3.05) is 26.7 Å². The topological polar surface area (TPSA) is 94.4 Å². The Hall–Kier alpha value is -2.35. The summed E-state index contributed by atoms with van der Waals surface area (Å²) in [6.45, 7) is 5.94. The van der Waals surface area contributed by atoms with Gasteiger partial charge in [0.15, 0.2) is 11.7 Å². The molecule has 1 atom stereocenters. The van der Waals surface area contributed by atoms with E-state index < -0.39 is 0 Å². The highest BCUT2D eigenvalue weighted by Gasteiger charge is 2.20. The number of likely N-dealkylation sites (tertiary alicyclic amines) is 1. The molecule has 8 heteroatoms. The van der Waals surface area contributed by atoms with E-state index in [1.54, 1.807) is 13.3 Å². The number of nitrogens with one attached hydrogen (secondary N) is 3. The molecule has 2 aromatic heterocycles. The lowest BCUT2D eigenvalue weighted by Gasteiger charge is -2.35. The summed E-state index contributed by atoms with van der Waals surface area (Å²) < 4.78 is 5.30. The predicted molar refractivity (Wildman–Crippen MR) is 102 cm³/mol. The van der Waals surface area contributed by atoms with Crippen molar-refractivity contribution in [3.63, 3.8) is 0 Å². The molecule has 3 N–H and O–H groups in total. The average Bonchev–Trinajstić information content (AvgIpc) is 3.36. The van der Waals surface area contributed by atoms with Gasteiger partial charge in [0.1, 0.15) is 5.82 Å². The first-order valence-electron chi connectivity index (χ1n) is 9.44. The van der Waals surface area contributed by atoms with Crippen LogP contribution < -0.4 is 10.6 Å². The molecule has 1 aliphatic heterocycles. The van der Waals surface area contributed by atoms with Crippen molar-refractivity contribution in [1.82, 2.24) is 30.7 Å². The molecule has 0 aromatic carbocycles. The average molecular weight is 359 g/mol. The van der Waals surface area contributed by atoms with Gasteiger partial charge in [-0.3, -0.25) is 15.0 Å². The van der Waals surface area contributed by atoms with Crippen LogP contribution in [0.1, 0.15) is 38.4 Å². The largest absolute Gasteiger partial charge is 0.461 e. The fraction of sp³-hybridized carbons (Fsp3) is 0.611. The van der Waals surface area contributed by atoms with E-state index in [0.29, 0.717) is 18.1 Å². The maximum absolute atomic E-state index is 5.30. The summed E-state index contributed by atoms with van der Waals surface area (Å²) in [5.41, 5.74) is 0. The van der Waals surface area contributed by atoms with E-state index in [-0.39, 0.29) is 0 Å². The number of aliphatic imine (C=N–C) groups is 1. The number of guanidine groups is 1. The number of furan rings is 1. The second-order valence-corrected chi connectivity index (χ2v) is 6.53. The molecule has 8 nitrogen and oxygen atoms in total. The Morgan fingerprint density at radius 1 is 1.42 bits per heavy atom. The van der Waals surface area contributed by atoms with E-state index in [4.69, 9.17) is 4.42 Å². The van der Waals surface area contributed by atoms with Crippen molar-refractivity contribution in [2.24, 2.45) is 4.99 Å². The highest BCUT2D eigenvalue weighted by Crippen LogP contribution is 2.18. The summed E-state index contributed by atoms with van der Waals surface area (Å²) in [4.78, 5) is 11.3. The molecule has 0 amide bonds. The smallest absolute Gasteiger partial charge is 0.216 e. The summed E-state index contributed by atoms with van der Waals surface area (Å²) in [7, 11) is 1.78. The van der Waals surface area contributed by atoms with E-state index in [2.05, 4.69) is 42.6 Å². The quantitative estimate of drug-likeness (QED) is 0.517. The van der Waals surface area contributed by atoms with Gasteiger partial charge in [0, 0.05) is 26.2 Å². The fourth-order valence-corrected chi connectivity index (χ4v) is 3.41. The van der Waals surface area contributed by atoms with Gasteiger partial charge in [0.25, 0.3) is 0 Å². The first kappa shape index (κ1) is 18.4. The summed E-state index contributed by atoms with van der Waals surface area (Å²) in [6.07, 6.45) is 6.85. The maximum Gasteiger partial charge on any atom is 0.216 e. The van der Waals surface area contributed by atoms with Gasteiger partial charge < -0.3 is 15.1 Å². The van der Waals surface area contributed by atoms with Crippen molar-refractivity contribution < 1.29 is 4.42 Å². The van der Waals surface area contributed by atoms with Crippen LogP contribution in [0, 0.1) is 0 Å². The number of rotatable bonds is 7. The third-order valence-electron chi connectivity index (χ3n) is 4.83. The molecule has 0 radical (unpaired) electrons. The van der Waals surface area contributed by atoms with Crippen LogP contribution in [-0.2, 0) is 6.54 Å². The van der Waals surface area contributed by atoms with Crippen LogP contribution in [0.4, 0.5) is 0 Å². The van der Waals surface area contributed by atoms with E-state index in [1.807, 2.05) is 12.1 Å². The van der Waals surface area contributed by atoms with Gasteiger partial charge >= 0.3 is 0 Å². The van der Waals surface area contributed by atoms with E-state index in [1.165, 1.54) is 32.2 Å². The van der Waals surface area contributed by atoms with Gasteiger partial charge in [-0.2, -0.15) is 0 Å². The van der Waals surface area contributed by atoms with Crippen LogP contribution in [0.5, 0.6) is 0 Å². The molecular weight excluding hydrogens is 330 g/mol. The number of hydrogen-bond acceptors (Lipinski definition) is 5. The first-order chi connectivity index (χ1) is 12.8. The normalized spacial score (nSPS) is 18.8. The standard InChI is InChI=1S/C18H29N7O/c1-3-14-7-4-5-10-25(14)11-9-20-18(19-2)21-13-16-22-17(24-23-16)15-8-6-12-26-15/h6,8,12,14H,3-5,7,9-11,13H2,1-2H3,(H2,19,20,21)(H,22,23,24). The predicted octanol–water partition coefficient (Wildman–Crippen LogP) is 1.99. The molecule has 3 rings (SSSR count). The SMILES string of the molecule is CCC1CCCCN1CCNC(=NC)NCc1nc(-c2ccco2)n[nH]1. The summed E-state index contributed by atoms with van der Waals surface area (Å²) in [5, 5.41) is 13.7. The first-order valence-corrected chi connectivity index (χ1v) is 9.44. The second-order valence-electron chi connectivity index (χ2n) is 6.53. The van der Waals surface area contributed by atoms with Crippen LogP contribution in [0.15, 0.2) is 27.8 Å². The van der Waals surface area contributed by atoms with Gasteiger partial charge in [-0.05, 0) is 37.9 Å². The molecule has 26 heavy (non-hydrogen) atoms. The van der Waals surface area contributed by atoms with Crippen LogP contribution in [-0.4, -0.2) is 58.8 Å². The van der Waals surface area contributed by atoms with Gasteiger partial charge in [0.05, 0.1) is 12.8 Å². The van der Waals surface area contributed by atoms with E-state index in [0.717, 1.165) is 30.9 Å². The van der Waals surface area contributed by atoms with E-state index >= 15 is 0 Å². The summed E-state index contributed by atoms with van der Waals surface area (Å²) in [6, 6.07) is 4.39. The molecule has 0 aliphatic carbocycles. The molecule has 0 spiro atoms. The Morgan fingerprint density at radius 2 is 2.35 bits per heavy atom. The van der Waals surface area contributed by atoms with Gasteiger partial charge in [-0.25, -0.2) is 4.98 Å². The summed E-state index contributed by atoms with van der Waals surface area (Å²) in [5.74, 6) is 2.72. The lowest BCUT2D eigenvalue weighted by Crippen LogP contribution is -2.45. The Labute approximate surface area is 154 Å². The number of aromatic nitrogens is 3. The van der Waals surface area contributed by atoms with Gasteiger partial charge in [0.2, 0.25) is 5.82 Å². The molecule has 3 heterocycles. The van der Waals surface area contributed by atoms with Crippen molar-refractivity contribution in [3.8, 4) is 11.6 Å². The zero-order valence-corrected chi connectivity index (χ0v) is 15.7. The fourth-order valence-electron chi connectivity index (χ4n) is 3.41. The number of piperidine rings is 1. The molecular formula is C18H29N7O. The van der Waals surface area contributed by atoms with Gasteiger partial charge in [-0.15, -0.1) is 5.10 Å². The molecule has 0 saturated carbocycles. The van der Waals surface area contributed by atoms with Crippen molar-refractivity contribution in [1.29, 1.82) is 0 Å². The summed E-state index contributed by atoms with van der Waals surface area (Å²) >= 11 is 0. The van der Waals surface area contributed by atoms with Crippen LogP contribution in [0.25, 0.3) is 11.6 Å². The minimum absolute atomic E-state index is 0.523. The van der Waals surface area contributed by atoms with Crippen LogP contribution >= 0.6 is 0 Å². The lowest BCUT2D eigenvalue weighted by atomic mass is 10.0. The molecule has 142 valence electrons. The lowest BCUT2D eigenvalue weighted by molar-refractivity contribution is 0.147. The monoisotopic (exact) mass is 359 g/mol.